The first-order valence-electron chi connectivity index (χ1n) is 11.1. The molecule has 3 aromatic carbocycles. The predicted octanol–water partition coefficient (Wildman–Crippen LogP) is 5.63. The lowest BCUT2D eigenvalue weighted by Gasteiger charge is -2.18. The highest BCUT2D eigenvalue weighted by Gasteiger charge is 2.34. The van der Waals surface area contributed by atoms with Gasteiger partial charge in [-0.15, -0.1) is 0 Å². The number of para-hydroxylation sites is 2. The van der Waals surface area contributed by atoms with Gasteiger partial charge in [0.1, 0.15) is 23.8 Å². The molecule has 0 aromatic heterocycles. The number of carbonyl (C=O) groups excluding carboxylic acids is 1. The third-order valence-electron chi connectivity index (χ3n) is 5.44. The molecule has 4 rings (SSSR count). The molecule has 1 N–H and O–H groups in total. The van der Waals surface area contributed by atoms with Crippen LogP contribution < -0.4 is 24.4 Å². The maximum Gasteiger partial charge on any atom is 0.281 e. The largest absolute Gasteiger partial charge is 0.496 e. The number of ether oxygens (including phenoxy) is 3. The standard InChI is InChI=1S/C26H19F5N2O4S/c1-3-36-18-7-5-4-6-16(18)33-25(34)15(32-26(33)38)11-13-8-9-17(35-2)14(10-13)12-37-24-22(30)20(28)19(27)21(29)23(24)31/h4-11H,3,12H2,1-2H3,(H,32,38)/b15-11+. The van der Waals surface area contributed by atoms with E-state index < -0.39 is 47.3 Å². The van der Waals surface area contributed by atoms with Crippen molar-refractivity contribution in [3.63, 3.8) is 0 Å². The molecular formula is C26H19F5N2O4S. The second-order valence-electron chi connectivity index (χ2n) is 7.79. The Morgan fingerprint density at radius 2 is 1.58 bits per heavy atom. The fraction of sp³-hybridized carbons (Fsp3) is 0.154. The Hall–Kier alpha value is -4.19. The number of nitrogens with zero attached hydrogens (tertiary/aromatic N) is 1. The van der Waals surface area contributed by atoms with Gasteiger partial charge in [0.15, 0.2) is 10.9 Å². The number of methoxy groups -OCH3 is 1. The van der Waals surface area contributed by atoms with Crippen molar-refractivity contribution in [2.45, 2.75) is 13.5 Å². The number of amides is 1. The molecule has 0 spiro atoms. The summed E-state index contributed by atoms with van der Waals surface area (Å²) in [7, 11) is 1.32. The minimum absolute atomic E-state index is 0.122. The van der Waals surface area contributed by atoms with Gasteiger partial charge in [0.25, 0.3) is 5.91 Å². The highest BCUT2D eigenvalue weighted by molar-refractivity contribution is 7.80. The van der Waals surface area contributed by atoms with Crippen LogP contribution in [0.1, 0.15) is 18.1 Å². The van der Waals surface area contributed by atoms with Gasteiger partial charge in [-0.1, -0.05) is 18.2 Å². The molecule has 0 saturated carbocycles. The summed E-state index contributed by atoms with van der Waals surface area (Å²) in [6.07, 6.45) is 1.47. The molecule has 0 radical (unpaired) electrons. The van der Waals surface area contributed by atoms with Gasteiger partial charge in [-0.2, -0.15) is 8.78 Å². The summed E-state index contributed by atoms with van der Waals surface area (Å²) >= 11 is 5.35. The third kappa shape index (κ3) is 4.99. The smallest absolute Gasteiger partial charge is 0.281 e. The maximum absolute atomic E-state index is 14.0. The summed E-state index contributed by atoms with van der Waals surface area (Å²) in [5, 5.41) is 2.96. The second-order valence-corrected chi connectivity index (χ2v) is 8.18. The molecule has 0 unspecified atom stereocenters. The molecule has 1 aliphatic rings. The first kappa shape index (κ1) is 26.9. The molecule has 6 nitrogen and oxygen atoms in total. The van der Waals surface area contributed by atoms with Crippen molar-refractivity contribution in [2.24, 2.45) is 0 Å². The first-order valence-corrected chi connectivity index (χ1v) is 11.5. The molecule has 1 aliphatic heterocycles. The first-order chi connectivity index (χ1) is 18.2. The number of carbonyl (C=O) groups is 1. The number of anilines is 1. The zero-order valence-electron chi connectivity index (χ0n) is 19.9. The van der Waals surface area contributed by atoms with E-state index in [4.69, 9.17) is 26.4 Å². The van der Waals surface area contributed by atoms with E-state index in [0.717, 1.165) is 0 Å². The van der Waals surface area contributed by atoms with Gasteiger partial charge < -0.3 is 19.5 Å². The van der Waals surface area contributed by atoms with Crippen LogP contribution >= 0.6 is 12.2 Å². The third-order valence-corrected chi connectivity index (χ3v) is 5.73. The van der Waals surface area contributed by atoms with Crippen LogP contribution in [0.5, 0.6) is 17.2 Å². The lowest BCUT2D eigenvalue weighted by Crippen LogP contribution is -2.30. The number of rotatable bonds is 8. The molecule has 3 aromatic rings. The zero-order chi connectivity index (χ0) is 27.6. The average molecular weight is 551 g/mol. The van der Waals surface area contributed by atoms with Crippen LogP contribution in [0.4, 0.5) is 27.6 Å². The Kier molecular flexibility index (Phi) is 7.81. The van der Waals surface area contributed by atoms with Gasteiger partial charge in [-0.05, 0) is 55.0 Å². The number of benzene rings is 3. The van der Waals surface area contributed by atoms with E-state index in [2.05, 4.69) is 5.32 Å². The number of nitrogens with one attached hydrogen (secondary N) is 1. The van der Waals surface area contributed by atoms with E-state index in [1.165, 1.54) is 30.2 Å². The fourth-order valence-electron chi connectivity index (χ4n) is 3.70. The molecule has 0 aliphatic carbocycles. The van der Waals surface area contributed by atoms with E-state index in [-0.39, 0.29) is 22.1 Å². The molecule has 1 amide bonds. The van der Waals surface area contributed by atoms with Crippen LogP contribution in [0.3, 0.4) is 0 Å². The predicted molar refractivity (Wildman–Crippen MR) is 132 cm³/mol. The minimum atomic E-state index is -2.29. The van der Waals surface area contributed by atoms with E-state index >= 15 is 0 Å². The Morgan fingerprint density at radius 3 is 2.24 bits per heavy atom. The zero-order valence-corrected chi connectivity index (χ0v) is 20.7. The molecule has 0 atom stereocenters. The molecule has 38 heavy (non-hydrogen) atoms. The summed E-state index contributed by atoms with van der Waals surface area (Å²) in [4.78, 5) is 14.5. The van der Waals surface area contributed by atoms with E-state index in [9.17, 15) is 26.7 Å². The van der Waals surface area contributed by atoms with Crippen molar-refractivity contribution in [3.05, 3.63) is 88.4 Å². The van der Waals surface area contributed by atoms with Crippen LogP contribution in [-0.2, 0) is 11.4 Å². The summed E-state index contributed by atoms with van der Waals surface area (Å²) in [6.45, 7) is 1.58. The Labute approximate surface area is 219 Å². The quantitative estimate of drug-likeness (QED) is 0.129. The normalized spacial score (nSPS) is 14.2. The van der Waals surface area contributed by atoms with Crippen LogP contribution in [0.25, 0.3) is 6.08 Å². The summed E-state index contributed by atoms with van der Waals surface area (Å²) in [5.74, 6) is -11.9. The number of halogens is 5. The number of hydrogen-bond acceptors (Lipinski definition) is 5. The monoisotopic (exact) mass is 550 g/mol. The molecule has 198 valence electrons. The van der Waals surface area contributed by atoms with Crippen molar-refractivity contribution in [2.75, 3.05) is 18.6 Å². The van der Waals surface area contributed by atoms with Crippen molar-refractivity contribution >= 4 is 35.0 Å². The maximum atomic E-state index is 14.0. The van der Waals surface area contributed by atoms with Crippen molar-refractivity contribution in [1.82, 2.24) is 5.32 Å². The molecule has 12 heteroatoms. The number of hydrogen-bond donors (Lipinski definition) is 1. The average Bonchev–Trinajstić information content (AvgIpc) is 3.19. The molecular weight excluding hydrogens is 531 g/mol. The van der Waals surface area contributed by atoms with Gasteiger partial charge in [-0.3, -0.25) is 4.79 Å². The van der Waals surface area contributed by atoms with Crippen LogP contribution in [0.2, 0.25) is 0 Å². The summed E-state index contributed by atoms with van der Waals surface area (Å²) in [6, 6.07) is 11.4. The van der Waals surface area contributed by atoms with E-state index in [0.29, 0.717) is 23.6 Å². The lowest BCUT2D eigenvalue weighted by molar-refractivity contribution is -0.113. The molecule has 1 saturated heterocycles. The van der Waals surface area contributed by atoms with Gasteiger partial charge >= 0.3 is 0 Å². The van der Waals surface area contributed by atoms with Crippen molar-refractivity contribution in [1.29, 1.82) is 0 Å². The van der Waals surface area contributed by atoms with Crippen LogP contribution in [-0.4, -0.2) is 24.7 Å². The van der Waals surface area contributed by atoms with Gasteiger partial charge in [0.2, 0.25) is 29.1 Å². The topological polar surface area (TPSA) is 60.0 Å². The Morgan fingerprint density at radius 1 is 0.921 bits per heavy atom. The Bertz CT molecular complexity index is 1430. The fourth-order valence-corrected chi connectivity index (χ4v) is 3.99. The van der Waals surface area contributed by atoms with Crippen molar-refractivity contribution < 1.29 is 41.0 Å². The molecule has 1 heterocycles. The SMILES string of the molecule is CCOc1ccccc1N1C(=O)/C(=C\c2ccc(OC)c(COc3c(F)c(F)c(F)c(F)c3F)c2)NC1=S. The summed E-state index contributed by atoms with van der Waals surface area (Å²) in [5.41, 5.74) is 1.21. The van der Waals surface area contributed by atoms with Gasteiger partial charge in [0, 0.05) is 5.56 Å². The highest BCUT2D eigenvalue weighted by Crippen LogP contribution is 2.33. The molecule has 1 fully saturated rings. The lowest BCUT2D eigenvalue weighted by atomic mass is 10.1. The summed E-state index contributed by atoms with van der Waals surface area (Å²) < 4.78 is 84.2. The molecule has 0 bridgehead atoms. The highest BCUT2D eigenvalue weighted by atomic mass is 32.1. The van der Waals surface area contributed by atoms with E-state index in [1.54, 1.807) is 37.3 Å². The van der Waals surface area contributed by atoms with Crippen LogP contribution in [0, 0.1) is 29.1 Å². The Balaban J connectivity index is 1.62. The van der Waals surface area contributed by atoms with Gasteiger partial charge in [0.05, 0.1) is 19.4 Å². The van der Waals surface area contributed by atoms with E-state index in [1.807, 2.05) is 0 Å². The van der Waals surface area contributed by atoms with Crippen molar-refractivity contribution in [3.8, 4) is 17.2 Å². The van der Waals surface area contributed by atoms with Gasteiger partial charge in [-0.25, -0.2) is 18.1 Å². The van der Waals surface area contributed by atoms with Crippen LogP contribution in [0.15, 0.2) is 48.2 Å². The second kappa shape index (κ2) is 11.1. The minimum Gasteiger partial charge on any atom is -0.496 e. The number of thiocarbonyl (C=S) groups is 1.